The van der Waals surface area contributed by atoms with Crippen LogP contribution in [0, 0.1) is 13.8 Å². The molecule has 0 atom stereocenters. The Kier molecular flexibility index (Phi) is 6.04. The fourth-order valence-corrected chi connectivity index (χ4v) is 3.13. The van der Waals surface area contributed by atoms with Crippen molar-refractivity contribution >= 4 is 29.6 Å². The van der Waals surface area contributed by atoms with Crippen LogP contribution in [0.5, 0.6) is 5.75 Å². The number of thioether (sulfide) groups is 1. The number of methoxy groups -OCH3 is 1. The number of benzene rings is 2. The number of aryl methyl sites for hydroxylation is 1. The van der Waals surface area contributed by atoms with E-state index in [0.717, 1.165) is 10.5 Å². The zero-order chi connectivity index (χ0) is 18.6. The first-order chi connectivity index (χ1) is 11.9. The molecular formula is C20H20O4S. The van der Waals surface area contributed by atoms with Crippen LogP contribution in [0.15, 0.2) is 41.3 Å². The standard InChI is InChI=1S/C20H20O4S/c1-12-11-16(19(24-3)13(2)18(12)20(22)23)17(21)10-7-14-5-8-15(25-4)9-6-14/h5-11H,1-4H3,(H,22,23). The van der Waals surface area contributed by atoms with E-state index in [-0.39, 0.29) is 11.3 Å². The molecule has 25 heavy (non-hydrogen) atoms. The maximum Gasteiger partial charge on any atom is 0.336 e. The third-order valence-corrected chi connectivity index (χ3v) is 4.69. The molecule has 2 aromatic carbocycles. The molecule has 0 bridgehead atoms. The van der Waals surface area contributed by atoms with Crippen molar-refractivity contribution in [2.75, 3.05) is 13.4 Å². The summed E-state index contributed by atoms with van der Waals surface area (Å²) in [5.41, 5.74) is 2.44. The molecule has 0 aliphatic carbocycles. The van der Waals surface area contributed by atoms with Gasteiger partial charge in [-0.3, -0.25) is 4.79 Å². The maximum absolute atomic E-state index is 12.6. The first-order valence-electron chi connectivity index (χ1n) is 7.67. The minimum atomic E-state index is -1.03. The summed E-state index contributed by atoms with van der Waals surface area (Å²) in [5, 5.41) is 9.33. The van der Waals surface area contributed by atoms with Gasteiger partial charge in [0, 0.05) is 10.5 Å². The Hall–Kier alpha value is -2.53. The molecule has 0 unspecified atom stereocenters. The summed E-state index contributed by atoms with van der Waals surface area (Å²) in [4.78, 5) is 25.1. The lowest BCUT2D eigenvalue weighted by atomic mass is 9.95. The summed E-state index contributed by atoms with van der Waals surface area (Å²) in [7, 11) is 1.44. The van der Waals surface area contributed by atoms with Gasteiger partial charge in [0.1, 0.15) is 5.75 Å². The Labute approximate surface area is 151 Å². The van der Waals surface area contributed by atoms with E-state index in [1.54, 1.807) is 37.8 Å². The van der Waals surface area contributed by atoms with Crippen molar-refractivity contribution in [3.63, 3.8) is 0 Å². The molecule has 0 aliphatic heterocycles. The molecule has 0 amide bonds. The molecular weight excluding hydrogens is 336 g/mol. The van der Waals surface area contributed by atoms with Crippen LogP contribution >= 0.6 is 11.8 Å². The summed E-state index contributed by atoms with van der Waals surface area (Å²) in [6.45, 7) is 3.33. The second-order valence-electron chi connectivity index (χ2n) is 5.55. The number of rotatable bonds is 6. The maximum atomic E-state index is 12.6. The lowest BCUT2D eigenvalue weighted by molar-refractivity contribution is 0.0694. The van der Waals surface area contributed by atoms with Crippen molar-refractivity contribution in [1.82, 2.24) is 0 Å². The smallest absolute Gasteiger partial charge is 0.336 e. The van der Waals surface area contributed by atoms with Gasteiger partial charge in [0.2, 0.25) is 0 Å². The summed E-state index contributed by atoms with van der Waals surface area (Å²) < 4.78 is 5.30. The minimum Gasteiger partial charge on any atom is -0.496 e. The van der Waals surface area contributed by atoms with Gasteiger partial charge < -0.3 is 9.84 Å². The van der Waals surface area contributed by atoms with E-state index in [4.69, 9.17) is 4.74 Å². The van der Waals surface area contributed by atoms with E-state index in [9.17, 15) is 14.7 Å². The van der Waals surface area contributed by atoms with Crippen molar-refractivity contribution in [2.24, 2.45) is 0 Å². The van der Waals surface area contributed by atoms with Gasteiger partial charge in [0.05, 0.1) is 18.2 Å². The van der Waals surface area contributed by atoms with Crippen molar-refractivity contribution in [1.29, 1.82) is 0 Å². The molecule has 1 N–H and O–H groups in total. The molecule has 0 saturated carbocycles. The molecule has 5 heteroatoms. The van der Waals surface area contributed by atoms with Crippen LogP contribution < -0.4 is 4.74 Å². The molecule has 2 aromatic rings. The van der Waals surface area contributed by atoms with Gasteiger partial charge in [-0.2, -0.15) is 0 Å². The van der Waals surface area contributed by atoms with E-state index >= 15 is 0 Å². The van der Waals surface area contributed by atoms with Gasteiger partial charge in [-0.15, -0.1) is 11.8 Å². The number of carbonyl (C=O) groups excluding carboxylic acids is 1. The van der Waals surface area contributed by atoms with Crippen LogP contribution in [-0.4, -0.2) is 30.2 Å². The molecule has 130 valence electrons. The number of ketones is 1. The first-order valence-corrected chi connectivity index (χ1v) is 8.89. The fourth-order valence-electron chi connectivity index (χ4n) is 2.72. The zero-order valence-electron chi connectivity index (χ0n) is 14.6. The number of carboxylic acids is 1. The number of hydrogen-bond acceptors (Lipinski definition) is 4. The van der Waals surface area contributed by atoms with Gasteiger partial charge in [0.25, 0.3) is 0 Å². The molecule has 0 saturated heterocycles. The monoisotopic (exact) mass is 356 g/mol. The first kappa shape index (κ1) is 18.8. The van der Waals surface area contributed by atoms with E-state index in [0.29, 0.717) is 22.4 Å². The van der Waals surface area contributed by atoms with E-state index in [1.807, 2.05) is 30.5 Å². The minimum absolute atomic E-state index is 0.171. The highest BCUT2D eigenvalue weighted by atomic mass is 32.2. The number of allylic oxidation sites excluding steroid dienone is 1. The number of carbonyl (C=O) groups is 2. The zero-order valence-corrected chi connectivity index (χ0v) is 15.4. The molecule has 0 spiro atoms. The van der Waals surface area contributed by atoms with E-state index in [2.05, 4.69) is 0 Å². The van der Waals surface area contributed by atoms with Crippen molar-refractivity contribution in [3.05, 3.63) is 64.2 Å². The average Bonchev–Trinajstić information content (AvgIpc) is 2.59. The second kappa shape index (κ2) is 8.03. The van der Waals surface area contributed by atoms with Crippen LogP contribution in [-0.2, 0) is 0 Å². The normalized spacial score (nSPS) is 10.9. The topological polar surface area (TPSA) is 63.6 Å². The van der Waals surface area contributed by atoms with Crippen molar-refractivity contribution in [3.8, 4) is 5.75 Å². The van der Waals surface area contributed by atoms with Gasteiger partial charge >= 0.3 is 5.97 Å². The molecule has 4 nitrogen and oxygen atoms in total. The average molecular weight is 356 g/mol. The van der Waals surface area contributed by atoms with Gasteiger partial charge in [-0.1, -0.05) is 18.2 Å². The highest BCUT2D eigenvalue weighted by Crippen LogP contribution is 2.30. The third kappa shape index (κ3) is 4.12. The van der Waals surface area contributed by atoms with Gasteiger partial charge in [-0.05, 0) is 55.5 Å². The summed E-state index contributed by atoms with van der Waals surface area (Å²) in [6.07, 6.45) is 5.22. The lowest BCUT2D eigenvalue weighted by Gasteiger charge is -2.14. The van der Waals surface area contributed by atoms with Crippen LogP contribution in [0.25, 0.3) is 6.08 Å². The number of ether oxygens (including phenoxy) is 1. The Bertz CT molecular complexity index is 836. The Morgan fingerprint density at radius 3 is 2.32 bits per heavy atom. The second-order valence-corrected chi connectivity index (χ2v) is 6.43. The summed E-state index contributed by atoms with van der Waals surface area (Å²) in [5.74, 6) is -0.957. The SMILES string of the molecule is COc1c(C(=O)C=Cc2ccc(SC)cc2)cc(C)c(C(=O)O)c1C. The summed E-state index contributed by atoms with van der Waals surface area (Å²) in [6, 6.07) is 9.43. The summed E-state index contributed by atoms with van der Waals surface area (Å²) >= 11 is 1.66. The molecule has 2 rings (SSSR count). The van der Waals surface area contributed by atoms with Crippen LogP contribution in [0.4, 0.5) is 0 Å². The molecule has 0 aromatic heterocycles. The quantitative estimate of drug-likeness (QED) is 0.464. The predicted octanol–water partition coefficient (Wildman–Crippen LogP) is 4.63. The molecule has 0 heterocycles. The van der Waals surface area contributed by atoms with Gasteiger partial charge in [0.15, 0.2) is 5.78 Å². The number of hydrogen-bond donors (Lipinski definition) is 1. The highest BCUT2D eigenvalue weighted by Gasteiger charge is 2.21. The Morgan fingerprint density at radius 1 is 1.16 bits per heavy atom. The third-order valence-electron chi connectivity index (χ3n) is 3.94. The van der Waals surface area contributed by atoms with Gasteiger partial charge in [-0.25, -0.2) is 4.79 Å². The Balaban J connectivity index is 2.38. The highest BCUT2D eigenvalue weighted by molar-refractivity contribution is 7.98. The molecule has 0 fully saturated rings. The van der Waals surface area contributed by atoms with Crippen LogP contribution in [0.2, 0.25) is 0 Å². The largest absolute Gasteiger partial charge is 0.496 e. The van der Waals surface area contributed by atoms with Crippen LogP contribution in [0.3, 0.4) is 0 Å². The Morgan fingerprint density at radius 2 is 1.80 bits per heavy atom. The lowest BCUT2D eigenvalue weighted by Crippen LogP contribution is -2.09. The van der Waals surface area contributed by atoms with E-state index < -0.39 is 5.97 Å². The fraction of sp³-hybridized carbons (Fsp3) is 0.200. The number of aromatic carboxylic acids is 1. The molecule has 0 aliphatic rings. The predicted molar refractivity (Wildman–Crippen MR) is 101 cm³/mol. The van der Waals surface area contributed by atoms with Crippen molar-refractivity contribution in [2.45, 2.75) is 18.7 Å². The van der Waals surface area contributed by atoms with E-state index in [1.165, 1.54) is 13.2 Å². The van der Waals surface area contributed by atoms with Crippen LogP contribution in [0.1, 0.15) is 37.4 Å². The molecule has 0 radical (unpaired) electrons. The number of carboxylic acid groups (broad SMARTS) is 1. The van der Waals surface area contributed by atoms with Crippen molar-refractivity contribution < 1.29 is 19.4 Å².